The monoisotopic (exact) mass is 416 g/mol. The number of thiocarbonyl (C=S) groups is 1. The average Bonchev–Trinajstić information content (AvgIpc) is 2.83. The fourth-order valence-electron chi connectivity index (χ4n) is 3.89. The Bertz CT molecular complexity index is 947. The zero-order valence-electron chi connectivity index (χ0n) is 16.7. The number of aliphatic carboxylic acids is 1. The van der Waals surface area contributed by atoms with Crippen LogP contribution < -0.4 is 4.90 Å². The molecule has 7 heteroatoms. The van der Waals surface area contributed by atoms with Crippen LogP contribution >= 0.6 is 24.0 Å². The number of carbonyl (C=O) groups excluding carboxylic acids is 1. The van der Waals surface area contributed by atoms with Crippen molar-refractivity contribution in [3.63, 3.8) is 0 Å². The van der Waals surface area contributed by atoms with Gasteiger partial charge in [-0.1, -0.05) is 30.1 Å². The van der Waals surface area contributed by atoms with E-state index in [1.54, 1.807) is 0 Å². The Balaban J connectivity index is 2.03. The molecule has 1 saturated heterocycles. The van der Waals surface area contributed by atoms with Gasteiger partial charge in [0.05, 0.1) is 10.4 Å². The van der Waals surface area contributed by atoms with Gasteiger partial charge >= 0.3 is 5.97 Å². The highest BCUT2D eigenvalue weighted by Gasteiger charge is 2.34. The molecule has 5 nitrogen and oxygen atoms in total. The molecule has 0 saturated carbocycles. The number of carbonyl (C=O) groups is 2. The van der Waals surface area contributed by atoms with E-state index in [2.05, 4.69) is 50.8 Å². The maximum atomic E-state index is 12.6. The molecule has 1 fully saturated rings. The summed E-state index contributed by atoms with van der Waals surface area (Å²) >= 11 is 6.33. The molecule has 1 N–H and O–H groups in total. The number of anilines is 1. The number of hydrogen-bond donors (Lipinski definition) is 1. The quantitative estimate of drug-likeness (QED) is 0.583. The first-order valence-corrected chi connectivity index (χ1v) is 10.4. The second kappa shape index (κ2) is 7.37. The maximum absolute atomic E-state index is 12.6. The molecule has 0 spiro atoms. The summed E-state index contributed by atoms with van der Waals surface area (Å²) in [4.78, 5) is 27.5. The number of aryl methyl sites for hydroxylation is 1. The van der Waals surface area contributed by atoms with Crippen LogP contribution in [-0.4, -0.2) is 44.8 Å². The molecule has 2 aliphatic rings. The van der Waals surface area contributed by atoms with Gasteiger partial charge in [-0.25, -0.2) is 0 Å². The zero-order chi connectivity index (χ0) is 20.8. The lowest BCUT2D eigenvalue weighted by Gasteiger charge is -2.43. The van der Waals surface area contributed by atoms with Crippen molar-refractivity contribution in [3.05, 3.63) is 39.8 Å². The maximum Gasteiger partial charge on any atom is 0.323 e. The third kappa shape index (κ3) is 3.61. The number of likely N-dealkylation sites (N-methyl/N-ethyl adjacent to an activating group) is 1. The highest BCUT2D eigenvalue weighted by Crippen LogP contribution is 2.41. The molecule has 0 bridgehead atoms. The van der Waals surface area contributed by atoms with Crippen LogP contribution in [0, 0.1) is 6.92 Å². The number of thioether (sulfide) groups is 1. The number of fused-ring (bicyclic) bond motifs is 1. The second-order valence-corrected chi connectivity index (χ2v) is 9.29. The molecule has 1 aromatic rings. The van der Waals surface area contributed by atoms with E-state index in [1.165, 1.54) is 11.3 Å². The Morgan fingerprint density at radius 2 is 2.00 bits per heavy atom. The van der Waals surface area contributed by atoms with Gasteiger partial charge in [-0.2, -0.15) is 0 Å². The van der Waals surface area contributed by atoms with Gasteiger partial charge < -0.3 is 10.0 Å². The van der Waals surface area contributed by atoms with Crippen LogP contribution in [0.5, 0.6) is 0 Å². The molecule has 0 aromatic heterocycles. The molecule has 2 aliphatic heterocycles. The number of rotatable bonds is 4. The van der Waals surface area contributed by atoms with Crippen molar-refractivity contribution < 1.29 is 14.7 Å². The van der Waals surface area contributed by atoms with Crippen LogP contribution in [0.4, 0.5) is 5.69 Å². The summed E-state index contributed by atoms with van der Waals surface area (Å²) in [7, 11) is 0. The predicted molar refractivity (Wildman–Crippen MR) is 119 cm³/mol. The lowest BCUT2D eigenvalue weighted by atomic mass is 9.87. The Morgan fingerprint density at radius 3 is 2.61 bits per heavy atom. The van der Waals surface area contributed by atoms with Gasteiger partial charge in [0.25, 0.3) is 5.91 Å². The largest absolute Gasteiger partial charge is 0.480 e. The van der Waals surface area contributed by atoms with Crippen molar-refractivity contribution in [2.75, 3.05) is 18.0 Å². The van der Waals surface area contributed by atoms with Crippen molar-refractivity contribution in [2.45, 2.75) is 40.2 Å². The summed E-state index contributed by atoms with van der Waals surface area (Å²) in [6.45, 7) is 11.2. The van der Waals surface area contributed by atoms with E-state index < -0.39 is 12.5 Å². The van der Waals surface area contributed by atoms with Gasteiger partial charge in [0.2, 0.25) is 0 Å². The van der Waals surface area contributed by atoms with Gasteiger partial charge in [0.15, 0.2) is 0 Å². The van der Waals surface area contributed by atoms with E-state index in [0.29, 0.717) is 4.91 Å². The highest BCUT2D eigenvalue weighted by molar-refractivity contribution is 8.26. The van der Waals surface area contributed by atoms with Gasteiger partial charge in [-0.3, -0.25) is 14.5 Å². The molecule has 0 atom stereocenters. The molecule has 1 aromatic carbocycles. The summed E-state index contributed by atoms with van der Waals surface area (Å²) in [5.74, 6) is -1.43. The molecule has 28 heavy (non-hydrogen) atoms. The van der Waals surface area contributed by atoms with Gasteiger partial charge in [0, 0.05) is 17.8 Å². The third-order valence-corrected chi connectivity index (χ3v) is 6.51. The highest BCUT2D eigenvalue weighted by atomic mass is 32.2. The van der Waals surface area contributed by atoms with E-state index in [9.17, 15) is 9.59 Å². The van der Waals surface area contributed by atoms with E-state index in [-0.39, 0.29) is 15.8 Å². The van der Waals surface area contributed by atoms with Crippen molar-refractivity contribution >= 4 is 57.5 Å². The second-order valence-electron chi connectivity index (χ2n) is 7.61. The first kappa shape index (κ1) is 20.6. The number of hydrogen-bond acceptors (Lipinski definition) is 5. The number of amides is 1. The minimum absolute atomic E-state index is 0.0565. The van der Waals surface area contributed by atoms with E-state index in [1.807, 2.05) is 13.0 Å². The minimum atomic E-state index is -1.08. The minimum Gasteiger partial charge on any atom is -0.480 e. The summed E-state index contributed by atoms with van der Waals surface area (Å²) in [5, 5.41) is 8.99. The average molecular weight is 417 g/mol. The molecular formula is C21H24N2O3S2. The van der Waals surface area contributed by atoms with Crippen LogP contribution in [0.2, 0.25) is 0 Å². The van der Waals surface area contributed by atoms with E-state index >= 15 is 0 Å². The van der Waals surface area contributed by atoms with Crippen molar-refractivity contribution in [3.8, 4) is 0 Å². The van der Waals surface area contributed by atoms with Gasteiger partial charge in [-0.15, -0.1) is 0 Å². The number of carboxylic acids is 1. The molecule has 3 rings (SSSR count). The Hall–Kier alpha value is -2.12. The zero-order valence-corrected chi connectivity index (χ0v) is 18.3. The molecule has 0 unspecified atom stereocenters. The molecule has 0 radical (unpaired) electrons. The fraction of sp³-hybridized carbons (Fsp3) is 0.381. The Morgan fingerprint density at radius 1 is 1.32 bits per heavy atom. The van der Waals surface area contributed by atoms with E-state index in [4.69, 9.17) is 17.3 Å². The molecule has 0 aliphatic carbocycles. The van der Waals surface area contributed by atoms with Crippen LogP contribution in [-0.2, 0) is 9.59 Å². The standard InChI is InChI=1S/C21H24N2O3S2/c1-6-23-16-7-12(2)14(8-15(16)13(3)10-21(23,4)5)9-17-19(26)22(11-18(24)25)20(27)28-17/h7-10H,6,11H2,1-5H3,(H,24,25)/b17-9+. The smallest absolute Gasteiger partial charge is 0.323 e. The van der Waals surface area contributed by atoms with Crippen LogP contribution in [0.25, 0.3) is 11.6 Å². The normalized spacial score (nSPS) is 19.9. The lowest BCUT2D eigenvalue weighted by Crippen LogP contribution is -2.44. The number of nitrogens with zero attached hydrogens (tertiary/aromatic N) is 2. The Labute approximate surface area is 175 Å². The van der Waals surface area contributed by atoms with Crippen molar-refractivity contribution in [1.29, 1.82) is 0 Å². The Kier molecular flexibility index (Phi) is 5.42. The van der Waals surface area contributed by atoms with Crippen molar-refractivity contribution in [1.82, 2.24) is 4.90 Å². The SMILES string of the molecule is CCN1c2cc(C)c(/C=C3/SC(=S)N(CC(=O)O)C3=O)cc2C(C)=CC1(C)C. The summed E-state index contributed by atoms with van der Waals surface area (Å²) in [6, 6.07) is 4.28. The summed E-state index contributed by atoms with van der Waals surface area (Å²) in [5.41, 5.74) is 5.50. The lowest BCUT2D eigenvalue weighted by molar-refractivity contribution is -0.140. The van der Waals surface area contributed by atoms with Crippen LogP contribution in [0.15, 0.2) is 23.1 Å². The van der Waals surface area contributed by atoms with Crippen LogP contribution in [0.1, 0.15) is 44.4 Å². The summed E-state index contributed by atoms with van der Waals surface area (Å²) < 4.78 is 0.282. The molecular weight excluding hydrogens is 392 g/mol. The van der Waals surface area contributed by atoms with Crippen molar-refractivity contribution in [2.24, 2.45) is 0 Å². The summed E-state index contributed by atoms with van der Waals surface area (Å²) in [6.07, 6.45) is 4.09. The molecule has 148 valence electrons. The number of allylic oxidation sites excluding steroid dienone is 1. The predicted octanol–water partition coefficient (Wildman–Crippen LogP) is 4.30. The van der Waals surface area contributed by atoms with Gasteiger partial charge in [0.1, 0.15) is 10.9 Å². The van der Waals surface area contributed by atoms with E-state index in [0.717, 1.165) is 39.9 Å². The molecule has 2 heterocycles. The first-order valence-electron chi connectivity index (χ1n) is 9.14. The third-order valence-electron chi connectivity index (χ3n) is 5.14. The number of carboxylic acid groups (broad SMARTS) is 1. The van der Waals surface area contributed by atoms with Crippen LogP contribution in [0.3, 0.4) is 0 Å². The molecule has 1 amide bonds. The topological polar surface area (TPSA) is 60.9 Å². The fourth-order valence-corrected chi connectivity index (χ4v) is 5.14. The van der Waals surface area contributed by atoms with Gasteiger partial charge in [-0.05, 0) is 69.5 Å². The first-order chi connectivity index (χ1) is 13.0. The number of benzene rings is 1.